The van der Waals surface area contributed by atoms with Crippen LogP contribution in [-0.2, 0) is 0 Å². The Morgan fingerprint density at radius 2 is 1.73 bits per heavy atom. The van der Waals surface area contributed by atoms with E-state index in [4.69, 9.17) is 0 Å². The Labute approximate surface area is 235 Å². The van der Waals surface area contributed by atoms with Gasteiger partial charge in [0.25, 0.3) is 0 Å². The summed E-state index contributed by atoms with van der Waals surface area (Å²) >= 11 is 0. The van der Waals surface area contributed by atoms with Crippen molar-refractivity contribution in [1.82, 2.24) is 19.8 Å². The van der Waals surface area contributed by atoms with E-state index in [1.54, 1.807) is 6.07 Å². The molecule has 2 aliphatic rings. The monoisotopic (exact) mass is 557 g/mol. The summed E-state index contributed by atoms with van der Waals surface area (Å²) in [5.41, 5.74) is 0.545. The first kappa shape index (κ1) is 31.2. The topological polar surface area (TPSA) is 116 Å². The molecular weight excluding hydrogens is 513 g/mol. The maximum atomic E-state index is 14.4. The van der Waals surface area contributed by atoms with Gasteiger partial charge in [0.2, 0.25) is 0 Å². The predicted octanol–water partition coefficient (Wildman–Crippen LogP) is 4.57. The number of hydrogen-bond donors (Lipinski definition) is 4. The van der Waals surface area contributed by atoms with Crippen molar-refractivity contribution in [3.05, 3.63) is 68.7 Å². The number of phenolic OH excluding ortho intramolecular Hbond substituents is 1. The zero-order valence-electron chi connectivity index (χ0n) is 24.2. The van der Waals surface area contributed by atoms with Crippen LogP contribution in [0.5, 0.6) is 5.75 Å². The van der Waals surface area contributed by atoms with E-state index in [1.807, 2.05) is 13.8 Å². The van der Waals surface area contributed by atoms with E-state index in [9.17, 15) is 24.2 Å². The third-order valence-corrected chi connectivity index (χ3v) is 7.62. The van der Waals surface area contributed by atoms with Crippen molar-refractivity contribution < 1.29 is 14.6 Å². The molecule has 0 spiro atoms. The molecule has 2 saturated heterocycles. The molecule has 1 unspecified atom stereocenters. The number of aromatic nitrogens is 2. The van der Waals surface area contributed by atoms with Crippen molar-refractivity contribution in [3.8, 4) is 5.75 Å². The fourth-order valence-corrected chi connectivity index (χ4v) is 5.72. The molecule has 2 aliphatic heterocycles. The molecular formula is C30H44FN5O4. The van der Waals surface area contributed by atoms with Crippen LogP contribution in [0.2, 0.25) is 0 Å². The molecule has 220 valence electrons. The van der Waals surface area contributed by atoms with Gasteiger partial charge in [0.1, 0.15) is 11.6 Å². The second-order valence-electron chi connectivity index (χ2n) is 10.3. The number of aliphatic hydroxyl groups excluding tert-OH is 1. The van der Waals surface area contributed by atoms with Crippen LogP contribution < -0.4 is 16.0 Å². The highest BCUT2D eigenvalue weighted by Gasteiger charge is 2.34. The Bertz CT molecular complexity index is 1340. The predicted molar refractivity (Wildman–Crippen MR) is 160 cm³/mol. The maximum Gasteiger partial charge on any atom is 0.314 e. The van der Waals surface area contributed by atoms with Gasteiger partial charge in [-0.1, -0.05) is 39.8 Å². The first-order chi connectivity index (χ1) is 19.2. The molecule has 2 aromatic rings. The molecule has 2 fully saturated rings. The lowest BCUT2D eigenvalue weighted by atomic mass is 9.96. The molecule has 1 atom stereocenters. The lowest BCUT2D eigenvalue weighted by Crippen LogP contribution is -2.58. The number of likely N-dealkylation sites (tertiary alicyclic amines) is 1. The second-order valence-corrected chi connectivity index (χ2v) is 10.3. The average Bonchev–Trinajstić information content (AvgIpc) is 2.93. The number of nitrogens with one attached hydrogen (secondary N) is 2. The van der Waals surface area contributed by atoms with Crippen LogP contribution in [0.4, 0.5) is 10.1 Å². The number of piperazine rings is 1. The van der Waals surface area contributed by atoms with Crippen LogP contribution in [0, 0.1) is 0 Å². The van der Waals surface area contributed by atoms with Crippen molar-refractivity contribution in [1.29, 1.82) is 0 Å². The van der Waals surface area contributed by atoms with E-state index in [-0.39, 0.29) is 11.5 Å². The zero-order valence-corrected chi connectivity index (χ0v) is 24.2. The summed E-state index contributed by atoms with van der Waals surface area (Å²) in [6.45, 7) is 15.9. The summed E-state index contributed by atoms with van der Waals surface area (Å²) in [7, 11) is 0. The number of anilines is 1. The second kappa shape index (κ2) is 14.3. The fraction of sp³-hybridized carbons (Fsp3) is 0.533. The van der Waals surface area contributed by atoms with Crippen LogP contribution >= 0.6 is 0 Å². The van der Waals surface area contributed by atoms with Gasteiger partial charge < -0.3 is 25.1 Å². The molecule has 4 N–H and O–H groups in total. The lowest BCUT2D eigenvalue weighted by molar-refractivity contribution is 0.0637. The zero-order chi connectivity index (χ0) is 29.4. The fourth-order valence-electron chi connectivity index (χ4n) is 5.72. The number of aromatic hydroxyl groups is 1. The number of allylic oxidation sites excluding steroid dienone is 3. The maximum absolute atomic E-state index is 14.4. The van der Waals surface area contributed by atoms with Crippen molar-refractivity contribution in [3.63, 3.8) is 0 Å². The molecule has 1 aromatic heterocycles. The smallest absolute Gasteiger partial charge is 0.314 e. The summed E-state index contributed by atoms with van der Waals surface area (Å²) in [6, 6.07) is 3.97. The Hall–Kier alpha value is -3.37. The Kier molecular flexibility index (Phi) is 11.2. The van der Waals surface area contributed by atoms with Gasteiger partial charge in [0.15, 0.2) is 0 Å². The quantitative estimate of drug-likeness (QED) is 0.213. The Morgan fingerprint density at radius 3 is 2.30 bits per heavy atom. The summed E-state index contributed by atoms with van der Waals surface area (Å²) in [6.07, 6.45) is 6.68. The van der Waals surface area contributed by atoms with E-state index in [0.29, 0.717) is 40.9 Å². The van der Waals surface area contributed by atoms with Crippen molar-refractivity contribution in [2.45, 2.75) is 65.5 Å². The third kappa shape index (κ3) is 7.42. The minimum absolute atomic E-state index is 0.0677. The van der Waals surface area contributed by atoms with Crippen LogP contribution in [0.25, 0.3) is 11.0 Å². The highest BCUT2D eigenvalue weighted by atomic mass is 19.1. The van der Waals surface area contributed by atoms with Gasteiger partial charge in [-0.15, -0.1) is 0 Å². The summed E-state index contributed by atoms with van der Waals surface area (Å²) in [5, 5.41) is 20.1. The van der Waals surface area contributed by atoms with Gasteiger partial charge in [0, 0.05) is 56.0 Å². The average molecular weight is 558 g/mol. The summed E-state index contributed by atoms with van der Waals surface area (Å²) in [5.74, 6) is -0.447. The van der Waals surface area contributed by atoms with Crippen LogP contribution in [0.1, 0.15) is 53.4 Å². The molecule has 9 nitrogen and oxygen atoms in total. The van der Waals surface area contributed by atoms with Crippen LogP contribution in [-0.4, -0.2) is 81.3 Å². The van der Waals surface area contributed by atoms with E-state index >= 15 is 0 Å². The van der Waals surface area contributed by atoms with Crippen LogP contribution in [0.3, 0.4) is 0 Å². The molecule has 0 radical (unpaired) electrons. The standard InChI is InChI=1S/C28H38FN5O4.C2H6/c1-4-6-21-17-33(25-14-23-24(15-26(25)36)31-28(38)27(37)30-23)11-12-34(21)20-7-9-32(10-8-20)16-19(5-2)22(29)13-18(3)35;1-2/h5,13-15,20-21,35-36H,2,4,6-12,16-17H2,1,3H3,(H,30,37)(H,31,38);1-2H3/b18-13+,22-19-;. The molecule has 10 heteroatoms. The number of phenols is 1. The van der Waals surface area contributed by atoms with E-state index in [0.717, 1.165) is 64.5 Å². The van der Waals surface area contributed by atoms with Crippen molar-refractivity contribution in [2.75, 3.05) is 44.2 Å². The first-order valence-electron chi connectivity index (χ1n) is 14.3. The lowest BCUT2D eigenvalue weighted by Gasteiger charge is -2.48. The number of H-pyrrole nitrogens is 2. The largest absolute Gasteiger partial charge is 0.513 e. The molecule has 0 aliphatic carbocycles. The number of benzene rings is 1. The summed E-state index contributed by atoms with van der Waals surface area (Å²) < 4.78 is 14.4. The number of rotatable bonds is 8. The molecule has 0 bridgehead atoms. The Morgan fingerprint density at radius 1 is 1.10 bits per heavy atom. The molecule has 3 heterocycles. The third-order valence-electron chi connectivity index (χ3n) is 7.62. The molecule has 4 rings (SSSR count). The van der Waals surface area contributed by atoms with Crippen LogP contribution in [0.15, 0.2) is 57.6 Å². The summed E-state index contributed by atoms with van der Waals surface area (Å²) in [4.78, 5) is 35.6. The Balaban J connectivity index is 0.00000216. The van der Waals surface area contributed by atoms with E-state index < -0.39 is 16.9 Å². The first-order valence-corrected chi connectivity index (χ1v) is 14.3. The van der Waals surface area contributed by atoms with Gasteiger partial charge in [0.05, 0.1) is 22.5 Å². The van der Waals surface area contributed by atoms with Gasteiger partial charge in [-0.05, 0) is 45.3 Å². The van der Waals surface area contributed by atoms with E-state index in [1.165, 1.54) is 19.1 Å². The molecule has 0 saturated carbocycles. The SMILES string of the molecule is C=C/C(CN1CCC(N2CCN(c3cc4[nH]c(=O)c(=O)[nH]c4cc3O)CC2CCC)CC1)=C(F)\C=C(/C)O.CC. The normalized spacial score (nSPS) is 20.2. The number of halogens is 1. The number of aromatic amines is 2. The van der Waals surface area contributed by atoms with Gasteiger partial charge >= 0.3 is 11.1 Å². The number of fused-ring (bicyclic) bond motifs is 1. The van der Waals surface area contributed by atoms with Crippen molar-refractivity contribution >= 4 is 16.7 Å². The van der Waals surface area contributed by atoms with Crippen molar-refractivity contribution in [2.24, 2.45) is 0 Å². The molecule has 40 heavy (non-hydrogen) atoms. The molecule has 1 aromatic carbocycles. The van der Waals surface area contributed by atoms with E-state index in [2.05, 4.69) is 38.2 Å². The number of piperidine rings is 1. The molecule has 0 amide bonds. The number of nitrogens with zero attached hydrogens (tertiary/aromatic N) is 3. The number of aliphatic hydroxyl groups is 1. The minimum atomic E-state index is -0.744. The minimum Gasteiger partial charge on any atom is -0.513 e. The number of hydrogen-bond acceptors (Lipinski definition) is 7. The highest BCUT2D eigenvalue weighted by Crippen LogP contribution is 2.34. The van der Waals surface area contributed by atoms with Gasteiger partial charge in [-0.25, -0.2) is 4.39 Å². The van der Waals surface area contributed by atoms with Gasteiger partial charge in [-0.2, -0.15) is 0 Å². The van der Waals surface area contributed by atoms with Gasteiger partial charge in [-0.3, -0.25) is 19.4 Å². The highest BCUT2D eigenvalue weighted by molar-refractivity contribution is 5.82.